The maximum atomic E-state index is 9.43. The number of hydrogen-bond acceptors (Lipinski definition) is 1. The first-order valence-electron chi connectivity index (χ1n) is 5.21. The minimum absolute atomic E-state index is 0.552. The summed E-state index contributed by atoms with van der Waals surface area (Å²) >= 11 is 6.10. The molecular weight excluding hydrogens is 218 g/mol. The Hall–Kier alpha value is -1.52. The molecule has 1 unspecified atom stereocenters. The Kier molecular flexibility index (Phi) is 2.85. The number of halogens is 1. The van der Waals surface area contributed by atoms with Crippen LogP contribution in [0.25, 0.3) is 0 Å². The zero-order valence-electron chi connectivity index (χ0n) is 9.07. The van der Waals surface area contributed by atoms with E-state index in [1.165, 1.54) is 0 Å². The van der Waals surface area contributed by atoms with Crippen LogP contribution in [0.1, 0.15) is 17.5 Å². The fraction of sp³-hybridized carbons (Fsp3) is 0.214. The minimum atomic E-state index is -0.552. The van der Waals surface area contributed by atoms with Crippen molar-refractivity contribution in [3.63, 3.8) is 0 Å². The van der Waals surface area contributed by atoms with E-state index in [9.17, 15) is 5.26 Å². The van der Waals surface area contributed by atoms with Crippen molar-refractivity contribution < 1.29 is 0 Å². The summed E-state index contributed by atoms with van der Waals surface area (Å²) in [6.07, 6.45) is 8.57. The zero-order valence-corrected chi connectivity index (χ0v) is 9.83. The normalized spacial score (nSPS) is 23.1. The third-order valence-corrected chi connectivity index (χ3v) is 3.43. The molecule has 2 heteroatoms. The van der Waals surface area contributed by atoms with Gasteiger partial charge in [0.1, 0.15) is 5.41 Å². The van der Waals surface area contributed by atoms with Crippen molar-refractivity contribution in [1.82, 2.24) is 0 Å². The molecule has 2 rings (SSSR count). The quantitative estimate of drug-likeness (QED) is 0.716. The molecule has 80 valence electrons. The summed E-state index contributed by atoms with van der Waals surface area (Å²) in [5, 5.41) is 10.1. The summed E-state index contributed by atoms with van der Waals surface area (Å²) in [7, 11) is 0. The van der Waals surface area contributed by atoms with Gasteiger partial charge in [-0.2, -0.15) is 5.26 Å². The van der Waals surface area contributed by atoms with Gasteiger partial charge in [-0.25, -0.2) is 0 Å². The first-order valence-corrected chi connectivity index (χ1v) is 5.59. The minimum Gasteiger partial charge on any atom is -0.197 e. The predicted octanol–water partition coefficient (Wildman–Crippen LogP) is 3.93. The van der Waals surface area contributed by atoms with Crippen molar-refractivity contribution in [3.8, 4) is 6.07 Å². The molecule has 1 aromatic carbocycles. The molecule has 1 aliphatic carbocycles. The van der Waals surface area contributed by atoms with Crippen LogP contribution in [-0.4, -0.2) is 0 Å². The van der Waals surface area contributed by atoms with E-state index in [1.54, 1.807) is 0 Å². The maximum absolute atomic E-state index is 9.43. The third-order valence-electron chi connectivity index (χ3n) is 3.02. The molecule has 0 N–H and O–H groups in total. The Balaban J connectivity index is 2.58. The van der Waals surface area contributed by atoms with E-state index in [2.05, 4.69) is 6.07 Å². The molecule has 16 heavy (non-hydrogen) atoms. The molecule has 1 nitrogen and oxygen atoms in total. The molecule has 0 amide bonds. The Morgan fingerprint density at radius 1 is 1.38 bits per heavy atom. The number of hydrogen-bond donors (Lipinski definition) is 0. The lowest BCUT2D eigenvalue weighted by molar-refractivity contribution is 0.685. The Bertz CT molecular complexity index is 508. The molecule has 0 bridgehead atoms. The van der Waals surface area contributed by atoms with Crippen molar-refractivity contribution in [1.29, 1.82) is 5.26 Å². The Morgan fingerprint density at radius 3 is 2.81 bits per heavy atom. The SMILES string of the molecule is Cc1c(Cl)cccc1C1(C#N)C=CC=CC1. The molecule has 0 spiro atoms. The summed E-state index contributed by atoms with van der Waals surface area (Å²) in [6.45, 7) is 1.96. The van der Waals surface area contributed by atoms with Gasteiger partial charge in [0.15, 0.2) is 0 Å². The van der Waals surface area contributed by atoms with Gasteiger partial charge >= 0.3 is 0 Å². The smallest absolute Gasteiger partial charge is 0.104 e. The third kappa shape index (κ3) is 1.66. The molecule has 0 heterocycles. The highest BCUT2D eigenvalue weighted by molar-refractivity contribution is 6.31. The van der Waals surface area contributed by atoms with Gasteiger partial charge in [0.05, 0.1) is 6.07 Å². The van der Waals surface area contributed by atoms with Gasteiger partial charge < -0.3 is 0 Å². The van der Waals surface area contributed by atoms with Gasteiger partial charge in [0, 0.05) is 5.02 Å². The second-order valence-electron chi connectivity index (χ2n) is 3.99. The van der Waals surface area contributed by atoms with Crippen LogP contribution >= 0.6 is 11.6 Å². The summed E-state index contributed by atoms with van der Waals surface area (Å²) in [4.78, 5) is 0. The van der Waals surface area contributed by atoms with Gasteiger partial charge in [-0.3, -0.25) is 0 Å². The lowest BCUT2D eigenvalue weighted by atomic mass is 9.75. The number of rotatable bonds is 1. The van der Waals surface area contributed by atoms with Crippen LogP contribution in [0.2, 0.25) is 5.02 Å². The van der Waals surface area contributed by atoms with Crippen molar-refractivity contribution in [2.24, 2.45) is 0 Å². The van der Waals surface area contributed by atoms with Crippen molar-refractivity contribution in [2.75, 3.05) is 0 Å². The van der Waals surface area contributed by atoms with E-state index < -0.39 is 5.41 Å². The fourth-order valence-electron chi connectivity index (χ4n) is 2.05. The molecule has 0 saturated heterocycles. The highest BCUT2D eigenvalue weighted by atomic mass is 35.5. The van der Waals surface area contributed by atoms with Gasteiger partial charge in [-0.15, -0.1) is 0 Å². The van der Waals surface area contributed by atoms with Gasteiger partial charge in [0.25, 0.3) is 0 Å². The Labute approximate surface area is 101 Å². The average molecular weight is 230 g/mol. The summed E-state index contributed by atoms with van der Waals surface area (Å²) in [6, 6.07) is 8.14. The monoisotopic (exact) mass is 229 g/mol. The fourth-order valence-corrected chi connectivity index (χ4v) is 2.23. The predicted molar refractivity (Wildman–Crippen MR) is 66.4 cm³/mol. The lowest BCUT2D eigenvalue weighted by Gasteiger charge is -2.26. The second-order valence-corrected chi connectivity index (χ2v) is 4.39. The number of nitriles is 1. The first kappa shape index (κ1) is 11.0. The van der Waals surface area contributed by atoms with Gasteiger partial charge in [-0.05, 0) is 30.5 Å². The van der Waals surface area contributed by atoms with Gasteiger partial charge in [-0.1, -0.05) is 48.0 Å². The molecular formula is C14H12ClN. The topological polar surface area (TPSA) is 23.8 Å². The Morgan fingerprint density at radius 2 is 2.19 bits per heavy atom. The molecule has 0 aliphatic heterocycles. The van der Waals surface area contributed by atoms with E-state index in [4.69, 9.17) is 11.6 Å². The number of allylic oxidation sites excluding steroid dienone is 4. The van der Waals surface area contributed by atoms with Gasteiger partial charge in [0.2, 0.25) is 0 Å². The van der Waals surface area contributed by atoms with E-state index in [-0.39, 0.29) is 0 Å². The summed E-state index contributed by atoms with van der Waals surface area (Å²) in [5.74, 6) is 0. The highest BCUT2D eigenvalue weighted by Gasteiger charge is 2.31. The van der Waals surface area contributed by atoms with Crippen LogP contribution in [0.15, 0.2) is 42.5 Å². The van der Waals surface area contributed by atoms with E-state index in [1.807, 2.05) is 49.4 Å². The second kappa shape index (κ2) is 4.15. The van der Waals surface area contributed by atoms with Crippen LogP contribution in [0.5, 0.6) is 0 Å². The molecule has 0 fully saturated rings. The van der Waals surface area contributed by atoms with E-state index in [0.29, 0.717) is 6.42 Å². The largest absolute Gasteiger partial charge is 0.197 e. The number of nitrogens with zero attached hydrogens (tertiary/aromatic N) is 1. The van der Waals surface area contributed by atoms with Crippen molar-refractivity contribution in [3.05, 3.63) is 58.7 Å². The standard InChI is InChI=1S/C14H12ClN/c1-11-12(6-5-7-13(11)15)14(10-16)8-3-2-4-9-14/h2-8H,9H2,1H3. The van der Waals surface area contributed by atoms with Crippen LogP contribution in [0, 0.1) is 18.3 Å². The summed E-state index contributed by atoms with van der Waals surface area (Å²) < 4.78 is 0. The van der Waals surface area contributed by atoms with Crippen LogP contribution in [0.3, 0.4) is 0 Å². The number of benzene rings is 1. The highest BCUT2D eigenvalue weighted by Crippen LogP contribution is 2.36. The first-order chi connectivity index (χ1) is 7.69. The van der Waals surface area contributed by atoms with Crippen LogP contribution in [-0.2, 0) is 5.41 Å². The molecule has 0 aromatic heterocycles. The van der Waals surface area contributed by atoms with Crippen LogP contribution in [0.4, 0.5) is 0 Å². The molecule has 1 aromatic rings. The molecule has 1 atom stereocenters. The molecule has 0 saturated carbocycles. The van der Waals surface area contributed by atoms with Crippen molar-refractivity contribution in [2.45, 2.75) is 18.8 Å². The summed E-state index contributed by atoms with van der Waals surface area (Å²) in [5.41, 5.74) is 1.44. The molecule has 0 radical (unpaired) electrons. The average Bonchev–Trinajstić information content (AvgIpc) is 2.33. The van der Waals surface area contributed by atoms with E-state index >= 15 is 0 Å². The van der Waals surface area contributed by atoms with E-state index in [0.717, 1.165) is 16.1 Å². The maximum Gasteiger partial charge on any atom is 0.104 e. The van der Waals surface area contributed by atoms with Crippen molar-refractivity contribution >= 4 is 11.6 Å². The molecule has 1 aliphatic rings. The lowest BCUT2D eigenvalue weighted by Crippen LogP contribution is -2.23. The zero-order chi connectivity index (χ0) is 11.6. The van der Waals surface area contributed by atoms with Crippen LogP contribution < -0.4 is 0 Å².